The zero-order valence-electron chi connectivity index (χ0n) is 12.8. The third-order valence-electron chi connectivity index (χ3n) is 3.60. The van der Waals surface area contributed by atoms with Crippen LogP contribution in [0.25, 0.3) is 16.6 Å². The minimum absolute atomic E-state index is 0.265. The number of carboxylic acid groups (broad SMARTS) is 1. The van der Waals surface area contributed by atoms with Gasteiger partial charge in [0, 0.05) is 10.2 Å². The molecule has 3 aromatic rings. The van der Waals surface area contributed by atoms with Gasteiger partial charge in [-0.05, 0) is 54.8 Å². The number of hydrogen-bond acceptors (Lipinski definition) is 3. The lowest BCUT2D eigenvalue weighted by molar-refractivity contribution is 0.0695. The molecule has 6 heteroatoms. The predicted octanol–water partition coefficient (Wildman–Crippen LogP) is 3.85. The summed E-state index contributed by atoms with van der Waals surface area (Å²) in [7, 11) is 0. The zero-order valence-corrected chi connectivity index (χ0v) is 14.4. The van der Waals surface area contributed by atoms with Gasteiger partial charge in [0.1, 0.15) is 11.3 Å². The average Bonchev–Trinajstić information content (AvgIpc) is 2.55. The molecule has 0 saturated heterocycles. The van der Waals surface area contributed by atoms with Crippen molar-refractivity contribution in [2.24, 2.45) is 0 Å². The maximum atomic E-state index is 12.7. The molecule has 0 bridgehead atoms. The summed E-state index contributed by atoms with van der Waals surface area (Å²) in [6.45, 7) is 2.43. The molecule has 0 fully saturated rings. The Morgan fingerprint density at radius 2 is 1.88 bits per heavy atom. The van der Waals surface area contributed by atoms with Gasteiger partial charge in [-0.25, -0.2) is 4.79 Å². The molecule has 24 heavy (non-hydrogen) atoms. The monoisotopic (exact) mass is 387 g/mol. The van der Waals surface area contributed by atoms with Crippen LogP contribution in [0.5, 0.6) is 5.75 Å². The number of carbonyl (C=O) groups is 1. The van der Waals surface area contributed by atoms with Crippen LogP contribution in [0.3, 0.4) is 0 Å². The Bertz CT molecular complexity index is 977. The Balaban J connectivity index is 2.31. The summed E-state index contributed by atoms with van der Waals surface area (Å²) in [6.07, 6.45) is 0. The lowest BCUT2D eigenvalue weighted by atomic mass is 10.1. The molecule has 1 N–H and O–H groups in total. The Labute approximate surface area is 146 Å². The third kappa shape index (κ3) is 2.92. The number of pyridine rings is 1. The van der Waals surface area contributed by atoms with Crippen LogP contribution in [0.4, 0.5) is 0 Å². The maximum Gasteiger partial charge on any atom is 0.341 e. The van der Waals surface area contributed by atoms with Crippen LogP contribution in [0.2, 0.25) is 0 Å². The molecule has 0 spiro atoms. The highest BCUT2D eigenvalue weighted by Crippen LogP contribution is 2.23. The first-order valence-electron chi connectivity index (χ1n) is 7.33. The molecule has 122 valence electrons. The first-order chi connectivity index (χ1) is 11.5. The fourth-order valence-corrected chi connectivity index (χ4v) is 2.90. The molecule has 0 amide bonds. The fourth-order valence-electron chi connectivity index (χ4n) is 2.55. The number of aromatic nitrogens is 1. The van der Waals surface area contributed by atoms with E-state index in [9.17, 15) is 14.7 Å². The van der Waals surface area contributed by atoms with E-state index in [-0.39, 0.29) is 5.56 Å². The SMILES string of the molecule is CCOc1ccc(-n2c(=O)c(C(=O)O)cc3ccc(Br)cc32)cc1. The number of halogens is 1. The number of aromatic carboxylic acids is 1. The topological polar surface area (TPSA) is 68.5 Å². The van der Waals surface area contributed by atoms with Gasteiger partial charge in [-0.15, -0.1) is 0 Å². The molecule has 0 atom stereocenters. The van der Waals surface area contributed by atoms with Gasteiger partial charge in [0.15, 0.2) is 0 Å². The van der Waals surface area contributed by atoms with Crippen molar-refractivity contribution in [3.05, 3.63) is 68.9 Å². The van der Waals surface area contributed by atoms with Gasteiger partial charge >= 0.3 is 5.97 Å². The van der Waals surface area contributed by atoms with Gasteiger partial charge in [0.2, 0.25) is 0 Å². The number of ether oxygens (including phenoxy) is 1. The number of nitrogens with zero attached hydrogens (tertiary/aromatic N) is 1. The van der Waals surface area contributed by atoms with Gasteiger partial charge in [-0.2, -0.15) is 0 Å². The quantitative estimate of drug-likeness (QED) is 0.737. The molecule has 1 heterocycles. The van der Waals surface area contributed by atoms with Crippen molar-refractivity contribution in [1.82, 2.24) is 4.57 Å². The number of benzene rings is 2. The van der Waals surface area contributed by atoms with E-state index in [0.717, 1.165) is 4.47 Å². The average molecular weight is 388 g/mol. The lowest BCUT2D eigenvalue weighted by Gasteiger charge is -2.13. The van der Waals surface area contributed by atoms with Crippen molar-refractivity contribution < 1.29 is 14.6 Å². The first kappa shape index (κ1) is 16.3. The smallest absolute Gasteiger partial charge is 0.341 e. The largest absolute Gasteiger partial charge is 0.494 e. The minimum atomic E-state index is -1.25. The Hall–Kier alpha value is -2.60. The van der Waals surface area contributed by atoms with Gasteiger partial charge in [0.05, 0.1) is 12.1 Å². The van der Waals surface area contributed by atoms with E-state index in [1.807, 2.05) is 6.92 Å². The third-order valence-corrected chi connectivity index (χ3v) is 4.10. The molecule has 0 aliphatic carbocycles. The summed E-state index contributed by atoms with van der Waals surface area (Å²) < 4.78 is 7.61. The highest BCUT2D eigenvalue weighted by atomic mass is 79.9. The summed E-state index contributed by atoms with van der Waals surface area (Å²) in [5.41, 5.74) is 0.370. The van der Waals surface area contributed by atoms with E-state index < -0.39 is 11.5 Å². The van der Waals surface area contributed by atoms with E-state index in [4.69, 9.17) is 4.74 Å². The summed E-state index contributed by atoms with van der Waals surface area (Å²) in [5.74, 6) is -0.557. The molecule has 0 aliphatic rings. The molecule has 3 rings (SSSR count). The summed E-state index contributed by atoms with van der Waals surface area (Å²) in [4.78, 5) is 24.1. The van der Waals surface area contributed by atoms with Gasteiger partial charge < -0.3 is 9.84 Å². The number of rotatable bonds is 4. The highest BCUT2D eigenvalue weighted by molar-refractivity contribution is 9.10. The number of hydrogen-bond donors (Lipinski definition) is 1. The van der Waals surface area contributed by atoms with E-state index >= 15 is 0 Å². The van der Waals surface area contributed by atoms with Crippen molar-refractivity contribution in [2.75, 3.05) is 6.61 Å². The standard InChI is InChI=1S/C18H14BrNO4/c1-2-24-14-7-5-13(6-8-14)20-16-10-12(19)4-3-11(16)9-15(17(20)21)18(22)23/h3-10H,2H2,1H3,(H,22,23). The van der Waals surface area contributed by atoms with Crippen LogP contribution < -0.4 is 10.3 Å². The lowest BCUT2D eigenvalue weighted by Crippen LogP contribution is -2.25. The summed E-state index contributed by atoms with van der Waals surface area (Å²) in [5, 5.41) is 9.99. The van der Waals surface area contributed by atoms with Crippen LogP contribution in [-0.2, 0) is 0 Å². The predicted molar refractivity (Wildman–Crippen MR) is 95.4 cm³/mol. The maximum absolute atomic E-state index is 12.7. The molecule has 1 aromatic heterocycles. The minimum Gasteiger partial charge on any atom is -0.494 e. The van der Waals surface area contributed by atoms with Crippen LogP contribution in [0.15, 0.2) is 57.8 Å². The summed E-state index contributed by atoms with van der Waals surface area (Å²) >= 11 is 3.39. The van der Waals surface area contributed by atoms with Crippen LogP contribution >= 0.6 is 15.9 Å². The normalized spacial score (nSPS) is 10.8. The summed E-state index contributed by atoms with van der Waals surface area (Å²) in [6, 6.07) is 13.7. The molecule has 0 saturated carbocycles. The van der Waals surface area contributed by atoms with Crippen LogP contribution in [0.1, 0.15) is 17.3 Å². The Morgan fingerprint density at radius 1 is 1.17 bits per heavy atom. The molecule has 0 radical (unpaired) electrons. The van der Waals surface area contributed by atoms with Crippen molar-refractivity contribution in [3.63, 3.8) is 0 Å². The molecule has 2 aromatic carbocycles. The molecule has 0 aliphatic heterocycles. The van der Waals surface area contributed by atoms with E-state index in [0.29, 0.717) is 28.9 Å². The second-order valence-corrected chi connectivity index (χ2v) is 6.05. The number of fused-ring (bicyclic) bond motifs is 1. The fraction of sp³-hybridized carbons (Fsp3) is 0.111. The van der Waals surface area contributed by atoms with Crippen molar-refractivity contribution >= 4 is 32.8 Å². The Kier molecular flexibility index (Phi) is 4.40. The second-order valence-electron chi connectivity index (χ2n) is 5.13. The second kappa shape index (κ2) is 6.49. The van der Waals surface area contributed by atoms with Crippen molar-refractivity contribution in [3.8, 4) is 11.4 Å². The van der Waals surface area contributed by atoms with Crippen molar-refractivity contribution in [2.45, 2.75) is 6.92 Å². The number of carboxylic acids is 1. The van der Waals surface area contributed by atoms with E-state index in [2.05, 4.69) is 15.9 Å². The van der Waals surface area contributed by atoms with Gasteiger partial charge in [-0.3, -0.25) is 9.36 Å². The molecular weight excluding hydrogens is 374 g/mol. The molecular formula is C18H14BrNO4. The van der Waals surface area contributed by atoms with Crippen LogP contribution in [0, 0.1) is 0 Å². The Morgan fingerprint density at radius 3 is 2.50 bits per heavy atom. The van der Waals surface area contributed by atoms with Gasteiger partial charge in [-0.1, -0.05) is 22.0 Å². The van der Waals surface area contributed by atoms with Gasteiger partial charge in [0.25, 0.3) is 5.56 Å². The van der Waals surface area contributed by atoms with E-state index in [1.54, 1.807) is 42.5 Å². The zero-order chi connectivity index (χ0) is 17.3. The molecule has 0 unspecified atom stereocenters. The van der Waals surface area contributed by atoms with Crippen LogP contribution in [-0.4, -0.2) is 22.2 Å². The first-order valence-corrected chi connectivity index (χ1v) is 8.12. The van der Waals surface area contributed by atoms with E-state index in [1.165, 1.54) is 10.6 Å². The van der Waals surface area contributed by atoms with Crippen molar-refractivity contribution in [1.29, 1.82) is 0 Å². The highest BCUT2D eigenvalue weighted by Gasteiger charge is 2.16. The molecule has 5 nitrogen and oxygen atoms in total.